The third-order valence-corrected chi connectivity index (χ3v) is 12.3. The molecular weight excluding hydrogens is 861 g/mol. The van der Waals surface area contributed by atoms with E-state index in [1.54, 1.807) is 6.20 Å². The zero-order valence-corrected chi connectivity index (χ0v) is 38.6. The number of guanidine groups is 1. The molecule has 6 rings (SSSR count). The average molecular weight is 925 g/mol. The van der Waals surface area contributed by atoms with Crippen molar-refractivity contribution in [2.45, 2.75) is 107 Å². The van der Waals surface area contributed by atoms with Crippen LogP contribution in [0.2, 0.25) is 0 Å². The normalized spacial score (nSPS) is 17.2. The second-order valence-corrected chi connectivity index (χ2v) is 17.4. The molecule has 68 heavy (non-hydrogen) atoms. The first kappa shape index (κ1) is 49.9. The maximum atomic E-state index is 14.7. The maximum absolute atomic E-state index is 14.7. The lowest BCUT2D eigenvalue weighted by Crippen LogP contribution is -2.64. The predicted octanol–water partition coefficient (Wildman–Crippen LogP) is 4.62. The van der Waals surface area contributed by atoms with E-state index in [2.05, 4.69) is 54.0 Å². The zero-order valence-electron chi connectivity index (χ0n) is 38.6. The quantitative estimate of drug-likeness (QED) is 0.0253. The summed E-state index contributed by atoms with van der Waals surface area (Å²) in [5.74, 6) is -2.99. The molecule has 1 fully saturated rings. The highest BCUT2D eigenvalue weighted by Crippen LogP contribution is 2.38. The maximum Gasteiger partial charge on any atom is 0.246 e. The number of nitrogens with two attached hydrogens (primary N) is 2. The summed E-state index contributed by atoms with van der Waals surface area (Å²) in [5.41, 5.74) is 14.5. The lowest BCUT2D eigenvalue weighted by molar-refractivity contribution is -0.138. The Kier molecular flexibility index (Phi) is 18.3. The van der Waals surface area contributed by atoms with E-state index in [1.165, 1.54) is 5.56 Å². The van der Waals surface area contributed by atoms with Crippen molar-refractivity contribution >= 4 is 58.0 Å². The summed E-state index contributed by atoms with van der Waals surface area (Å²) >= 11 is 0. The van der Waals surface area contributed by atoms with Crippen molar-refractivity contribution in [3.8, 4) is 0 Å². The van der Waals surface area contributed by atoms with Crippen molar-refractivity contribution in [3.63, 3.8) is 0 Å². The average Bonchev–Trinajstić information content (AvgIpc) is 3.75. The largest absolute Gasteiger partial charge is 0.370 e. The molecule has 3 unspecified atom stereocenters. The van der Waals surface area contributed by atoms with Crippen LogP contribution in [-0.2, 0) is 41.6 Å². The van der Waals surface area contributed by atoms with Gasteiger partial charge in [-0.2, -0.15) is 0 Å². The molecule has 1 aliphatic carbocycles. The van der Waals surface area contributed by atoms with Gasteiger partial charge < -0.3 is 48.4 Å². The first-order valence-corrected chi connectivity index (χ1v) is 23.5. The van der Waals surface area contributed by atoms with E-state index in [1.807, 2.05) is 110 Å². The molecule has 1 aliphatic rings. The molecule has 1 aromatic heterocycles. The minimum absolute atomic E-state index is 0.0487. The summed E-state index contributed by atoms with van der Waals surface area (Å²) in [4.78, 5) is 90.3. The van der Waals surface area contributed by atoms with Gasteiger partial charge in [-0.25, -0.2) is 0 Å². The predicted molar refractivity (Wildman–Crippen MR) is 264 cm³/mol. The van der Waals surface area contributed by atoms with Gasteiger partial charge in [-0.1, -0.05) is 104 Å². The molecule has 1 heterocycles. The number of unbranched alkanes of at least 4 members (excludes halogenated alkanes) is 1. The van der Waals surface area contributed by atoms with Crippen LogP contribution >= 0.6 is 0 Å². The van der Waals surface area contributed by atoms with Gasteiger partial charge in [0.1, 0.15) is 23.7 Å². The number of carbonyl (C=O) groups is 6. The molecule has 16 nitrogen and oxygen atoms in total. The fourth-order valence-corrected chi connectivity index (χ4v) is 8.70. The Labute approximate surface area is 397 Å². The van der Waals surface area contributed by atoms with Crippen molar-refractivity contribution in [1.82, 2.24) is 31.6 Å². The lowest BCUT2D eigenvalue weighted by Gasteiger charge is -2.40. The van der Waals surface area contributed by atoms with Crippen molar-refractivity contribution in [2.24, 2.45) is 16.5 Å². The molecule has 5 aromatic rings. The summed E-state index contributed by atoms with van der Waals surface area (Å²) in [6.07, 6.45) is 5.77. The number of H-pyrrole nitrogens is 1. The van der Waals surface area contributed by atoms with E-state index in [0.717, 1.165) is 27.7 Å². The first-order chi connectivity index (χ1) is 32.9. The topological polar surface area (TPSA) is 255 Å². The second kappa shape index (κ2) is 24.9. The minimum Gasteiger partial charge on any atom is -0.370 e. The molecule has 1 saturated carbocycles. The van der Waals surface area contributed by atoms with E-state index in [0.29, 0.717) is 51.5 Å². The van der Waals surface area contributed by atoms with Crippen LogP contribution in [0.5, 0.6) is 0 Å². The SMILES string of the molecule is CCCC(=O)NC1(C(=O)NC(Cc2ccccc2)C(=O)NC(CCCCN=C(N)Nc2ccccc2)C(=O)NC(Cc2c[nH]c3ccccc23)C(=O)NCC(N)=O)CCC(c2ccccc2)CC1. The number of fused-ring (bicyclic) bond motifs is 1. The number of primary amides is 1. The number of nitrogens with zero attached hydrogens (tertiary/aromatic N) is 1. The molecule has 0 bridgehead atoms. The smallest absolute Gasteiger partial charge is 0.246 e. The lowest BCUT2D eigenvalue weighted by atomic mass is 9.73. The molecule has 0 saturated heterocycles. The molecular formula is C52H64N10O6. The number of amides is 6. The number of nitrogens with one attached hydrogen (secondary N) is 7. The van der Waals surface area contributed by atoms with Crippen LogP contribution in [-0.4, -0.2) is 83.1 Å². The minimum atomic E-state index is -1.27. The number of aromatic nitrogens is 1. The molecule has 0 radical (unpaired) electrons. The van der Waals surface area contributed by atoms with Gasteiger partial charge in [0.15, 0.2) is 5.96 Å². The van der Waals surface area contributed by atoms with Gasteiger partial charge in [0, 0.05) is 48.6 Å². The van der Waals surface area contributed by atoms with Gasteiger partial charge >= 0.3 is 0 Å². The molecule has 16 heteroatoms. The number of para-hydroxylation sites is 2. The van der Waals surface area contributed by atoms with Gasteiger partial charge in [-0.3, -0.25) is 33.8 Å². The molecule has 4 aromatic carbocycles. The van der Waals surface area contributed by atoms with Crippen molar-refractivity contribution in [3.05, 3.63) is 138 Å². The Balaban J connectivity index is 1.25. The number of benzene rings is 4. The summed E-state index contributed by atoms with van der Waals surface area (Å²) in [6.45, 7) is 1.77. The number of carbonyl (C=O) groups excluding carboxylic acids is 6. The van der Waals surface area contributed by atoms with Gasteiger partial charge in [-0.15, -0.1) is 0 Å². The summed E-state index contributed by atoms with van der Waals surface area (Å²) in [7, 11) is 0. The van der Waals surface area contributed by atoms with Gasteiger partial charge in [0.2, 0.25) is 35.4 Å². The standard InChI is InChI=1S/C52H64N10O6/c1-2-16-46(64)62-52(28-26-37(27-29-52)36-19-8-4-9-20-36)50(68)61-43(31-35-17-6-3-7-18-35)49(67)59-42(25-14-15-30-55-51(54)58-39-21-10-5-11-22-39)48(66)60-44(47(65)57-34-45(53)63)32-38-33-56-41-24-13-12-23-40(38)41/h3-13,17-24,33,37,42-44,56H,2,14-16,25-32,34H2,1H3,(H2,53,63)(H,57,65)(H,59,67)(H,60,66)(H,61,68)(H,62,64)(H3,54,55,58). The van der Waals surface area contributed by atoms with Gasteiger partial charge in [-0.05, 0) is 92.2 Å². The highest BCUT2D eigenvalue weighted by atomic mass is 16.2. The van der Waals surface area contributed by atoms with Crippen molar-refractivity contribution in [2.75, 3.05) is 18.4 Å². The number of hydrogen-bond acceptors (Lipinski definition) is 7. The number of aromatic amines is 1. The fraction of sp³-hybridized carbons (Fsp3) is 0.365. The third kappa shape index (κ3) is 14.5. The van der Waals surface area contributed by atoms with Crippen LogP contribution in [0.25, 0.3) is 10.9 Å². The molecule has 6 amide bonds. The van der Waals surface area contributed by atoms with Crippen LogP contribution in [0.15, 0.2) is 126 Å². The van der Waals surface area contributed by atoms with E-state index in [-0.39, 0.29) is 43.5 Å². The van der Waals surface area contributed by atoms with E-state index in [9.17, 15) is 28.8 Å². The fourth-order valence-electron chi connectivity index (χ4n) is 8.70. The van der Waals surface area contributed by atoms with E-state index < -0.39 is 59.7 Å². The second-order valence-electron chi connectivity index (χ2n) is 17.4. The number of aliphatic imine (C=N–C) groups is 1. The van der Waals surface area contributed by atoms with Crippen LogP contribution in [0.4, 0.5) is 5.69 Å². The van der Waals surface area contributed by atoms with Crippen LogP contribution in [0.3, 0.4) is 0 Å². The Hall–Kier alpha value is -7.49. The molecule has 0 aliphatic heterocycles. The zero-order chi connectivity index (χ0) is 48.3. The highest BCUT2D eigenvalue weighted by Gasteiger charge is 2.44. The van der Waals surface area contributed by atoms with Crippen molar-refractivity contribution < 1.29 is 28.8 Å². The summed E-state index contributed by atoms with van der Waals surface area (Å²) in [6, 6.07) is 32.7. The molecule has 358 valence electrons. The summed E-state index contributed by atoms with van der Waals surface area (Å²) in [5, 5.41) is 18.3. The molecule has 3 atom stereocenters. The Morgan fingerprint density at radius 1 is 0.721 bits per heavy atom. The van der Waals surface area contributed by atoms with Crippen LogP contribution in [0.1, 0.15) is 87.3 Å². The van der Waals surface area contributed by atoms with Gasteiger partial charge in [0.25, 0.3) is 0 Å². The monoisotopic (exact) mass is 925 g/mol. The Morgan fingerprint density at radius 3 is 2.03 bits per heavy atom. The summed E-state index contributed by atoms with van der Waals surface area (Å²) < 4.78 is 0. The Morgan fingerprint density at radius 2 is 1.34 bits per heavy atom. The van der Waals surface area contributed by atoms with Gasteiger partial charge in [0.05, 0.1) is 6.54 Å². The van der Waals surface area contributed by atoms with E-state index in [4.69, 9.17) is 11.5 Å². The van der Waals surface area contributed by atoms with Crippen LogP contribution in [0, 0.1) is 0 Å². The first-order valence-electron chi connectivity index (χ1n) is 23.5. The highest BCUT2D eigenvalue weighted by molar-refractivity contribution is 5.98. The van der Waals surface area contributed by atoms with Crippen LogP contribution < -0.4 is 43.4 Å². The number of anilines is 1. The molecule has 0 spiro atoms. The van der Waals surface area contributed by atoms with E-state index >= 15 is 0 Å². The molecule has 11 N–H and O–H groups in total. The number of rotatable bonds is 23. The third-order valence-electron chi connectivity index (χ3n) is 12.3. The number of hydrogen-bond donors (Lipinski definition) is 9. The Bertz CT molecular complexity index is 2490. The van der Waals surface area contributed by atoms with Crippen molar-refractivity contribution in [1.29, 1.82) is 0 Å².